The number of hydrogen-bond donors (Lipinski definition) is 4. The van der Waals surface area contributed by atoms with E-state index in [1.807, 2.05) is 0 Å². The molecule has 2 rings (SSSR count). The fourth-order valence-corrected chi connectivity index (χ4v) is 4.06. The second kappa shape index (κ2) is 14.4. The van der Waals surface area contributed by atoms with E-state index in [-0.39, 0.29) is 34.8 Å². The zero-order chi connectivity index (χ0) is 21.8. The molecule has 0 fully saturated rings. The van der Waals surface area contributed by atoms with E-state index in [0.717, 1.165) is 11.8 Å². The minimum Gasteiger partial charge on any atom is -0.505 e. The van der Waals surface area contributed by atoms with Crippen molar-refractivity contribution in [2.45, 2.75) is 9.79 Å². The molecule has 0 saturated heterocycles. The van der Waals surface area contributed by atoms with Crippen LogP contribution in [0.5, 0.6) is 11.5 Å². The average molecular weight is 506 g/mol. The lowest BCUT2D eigenvalue weighted by atomic mass is 10.3. The molecule has 11 heteroatoms. The lowest BCUT2D eigenvalue weighted by Gasteiger charge is -2.09. The topological polar surface area (TPSA) is 99.4 Å². The van der Waals surface area contributed by atoms with Crippen LogP contribution in [-0.4, -0.2) is 60.1 Å². The van der Waals surface area contributed by atoms with Crippen molar-refractivity contribution in [2.24, 2.45) is 0 Å². The second-order valence-electron chi connectivity index (χ2n) is 5.24. The van der Waals surface area contributed by atoms with E-state index < -0.39 is 0 Å². The van der Waals surface area contributed by atoms with Gasteiger partial charge in [-0.1, -0.05) is 58.2 Å². The minimum atomic E-state index is -0.119. The number of hydrogen-bond acceptors (Lipinski definition) is 7. The molecule has 4 N–H and O–H groups in total. The predicted octanol–water partition coefficient (Wildman–Crippen LogP) is 4.87. The third kappa shape index (κ3) is 9.83. The highest BCUT2D eigenvalue weighted by molar-refractivity contribution is 7.99. The number of phenolic OH excluding ortho intramolecular Hbond substituents is 2. The first-order valence-corrected chi connectivity index (χ1v) is 10.5. The molecule has 6 nitrogen and oxygen atoms in total. The molecule has 0 aliphatic heterocycles. The summed E-state index contributed by atoms with van der Waals surface area (Å²) in [5.74, 6) is -0.238. The van der Waals surface area contributed by atoms with Crippen molar-refractivity contribution < 1.29 is 29.9 Å². The summed E-state index contributed by atoms with van der Waals surface area (Å²) in [5, 5.41) is 37.2. The van der Waals surface area contributed by atoms with Crippen LogP contribution < -0.4 is 0 Å². The lowest BCUT2D eigenvalue weighted by Crippen LogP contribution is -2.09. The maximum absolute atomic E-state index is 9.85. The fourth-order valence-electron chi connectivity index (χ4n) is 1.81. The Bertz CT molecular complexity index is 715. The Balaban J connectivity index is 0.000000359. The van der Waals surface area contributed by atoms with Crippen molar-refractivity contribution in [2.75, 3.05) is 39.6 Å². The van der Waals surface area contributed by atoms with Crippen LogP contribution in [0.3, 0.4) is 0 Å². The van der Waals surface area contributed by atoms with Gasteiger partial charge >= 0.3 is 0 Å². The molecule has 2 aromatic rings. The van der Waals surface area contributed by atoms with Crippen molar-refractivity contribution in [1.29, 1.82) is 0 Å². The number of rotatable bonds is 9. The van der Waals surface area contributed by atoms with Crippen molar-refractivity contribution >= 4 is 58.2 Å². The van der Waals surface area contributed by atoms with Gasteiger partial charge in [-0.05, 0) is 24.3 Å². The molecule has 0 radical (unpaired) electrons. The Kier molecular flexibility index (Phi) is 13.1. The maximum atomic E-state index is 9.85. The van der Waals surface area contributed by atoms with E-state index in [4.69, 9.17) is 66.1 Å². The minimum absolute atomic E-state index is 0.0417. The van der Waals surface area contributed by atoms with Crippen molar-refractivity contribution in [1.82, 2.24) is 0 Å². The summed E-state index contributed by atoms with van der Waals surface area (Å²) in [7, 11) is 0. The molecule has 0 heterocycles. The molecular formula is C18H20Cl4O6S. The quantitative estimate of drug-likeness (QED) is 0.361. The van der Waals surface area contributed by atoms with E-state index in [0.29, 0.717) is 46.3 Å². The van der Waals surface area contributed by atoms with Crippen LogP contribution in [0.1, 0.15) is 0 Å². The summed E-state index contributed by atoms with van der Waals surface area (Å²) in [6.07, 6.45) is 0. The highest BCUT2D eigenvalue weighted by Crippen LogP contribution is 2.45. The molecule has 162 valence electrons. The lowest BCUT2D eigenvalue weighted by molar-refractivity contribution is 0.0222. The first kappa shape index (κ1) is 26.4. The van der Waals surface area contributed by atoms with E-state index in [1.54, 1.807) is 0 Å². The number of halogens is 4. The number of aliphatic hydroxyl groups excluding tert-OH is 2. The normalized spacial score (nSPS) is 10.6. The third-order valence-corrected chi connectivity index (χ3v) is 5.12. The zero-order valence-electron chi connectivity index (χ0n) is 15.1. The molecule has 29 heavy (non-hydrogen) atoms. The highest BCUT2D eigenvalue weighted by Gasteiger charge is 2.14. The van der Waals surface area contributed by atoms with Crippen molar-refractivity contribution in [3.05, 3.63) is 44.4 Å². The van der Waals surface area contributed by atoms with Crippen LogP contribution in [0, 0.1) is 0 Å². The number of aliphatic hydroxyl groups is 2. The van der Waals surface area contributed by atoms with Gasteiger partial charge in [0.1, 0.15) is 11.5 Å². The van der Waals surface area contributed by atoms with Crippen LogP contribution in [0.2, 0.25) is 20.1 Å². The summed E-state index contributed by atoms with van der Waals surface area (Å²) in [4.78, 5) is 0.789. The summed E-state index contributed by atoms with van der Waals surface area (Å²) in [6, 6.07) is 5.91. The summed E-state index contributed by atoms with van der Waals surface area (Å²) >= 11 is 24.4. The summed E-state index contributed by atoms with van der Waals surface area (Å²) in [5.41, 5.74) is 0. The van der Waals surface area contributed by atoms with Crippen LogP contribution in [0.25, 0.3) is 0 Å². The van der Waals surface area contributed by atoms with Crippen molar-refractivity contribution in [3.63, 3.8) is 0 Å². The highest BCUT2D eigenvalue weighted by atomic mass is 35.5. The second-order valence-corrected chi connectivity index (χ2v) is 8.01. The Morgan fingerprint density at radius 1 is 0.655 bits per heavy atom. The van der Waals surface area contributed by atoms with Crippen LogP contribution in [0.4, 0.5) is 0 Å². The van der Waals surface area contributed by atoms with Gasteiger partial charge < -0.3 is 29.9 Å². The standard InChI is InChI=1S/C12H6Cl4O2S.C6H14O4/c13-5-1-7(15)11(17)9(3-5)19-10-4-6(14)2-8(16)12(10)18;7-1-3-9-5-6-10-4-2-8/h1-4,17-18H;7-8H,1-6H2. The molecule has 0 bridgehead atoms. The largest absolute Gasteiger partial charge is 0.505 e. The van der Waals surface area contributed by atoms with E-state index in [2.05, 4.69) is 0 Å². The molecule has 0 amide bonds. The van der Waals surface area contributed by atoms with Gasteiger partial charge in [0.25, 0.3) is 0 Å². The molecule has 2 aromatic carbocycles. The molecule has 0 unspecified atom stereocenters. The molecule has 0 aliphatic rings. The number of benzene rings is 2. The Labute approximate surface area is 192 Å². The van der Waals surface area contributed by atoms with Crippen LogP contribution >= 0.6 is 58.2 Å². The molecule has 0 saturated carbocycles. The average Bonchev–Trinajstić information content (AvgIpc) is 2.66. The van der Waals surface area contributed by atoms with Gasteiger partial charge in [0, 0.05) is 10.0 Å². The summed E-state index contributed by atoms with van der Waals surface area (Å²) < 4.78 is 9.75. The van der Waals surface area contributed by atoms with Gasteiger partial charge in [-0.15, -0.1) is 0 Å². The monoisotopic (exact) mass is 504 g/mol. The number of aromatic hydroxyl groups is 2. The molecular weight excluding hydrogens is 486 g/mol. The Hall–Kier alpha value is -0.610. The van der Waals surface area contributed by atoms with Gasteiger partial charge in [0.05, 0.1) is 59.5 Å². The summed E-state index contributed by atoms with van der Waals surface area (Å²) in [6.45, 7) is 1.73. The van der Waals surface area contributed by atoms with Crippen LogP contribution in [-0.2, 0) is 9.47 Å². The Morgan fingerprint density at radius 3 is 1.38 bits per heavy atom. The SMILES string of the molecule is OCCOCCOCCO.Oc1c(Cl)cc(Cl)cc1Sc1cc(Cl)cc(Cl)c1O. The first-order valence-electron chi connectivity index (χ1n) is 8.21. The van der Waals surface area contributed by atoms with E-state index >= 15 is 0 Å². The Morgan fingerprint density at radius 2 is 1.03 bits per heavy atom. The van der Waals surface area contributed by atoms with E-state index in [9.17, 15) is 10.2 Å². The van der Waals surface area contributed by atoms with Gasteiger partial charge in [-0.2, -0.15) is 0 Å². The number of phenols is 2. The first-order chi connectivity index (χ1) is 13.8. The molecule has 0 spiro atoms. The smallest absolute Gasteiger partial charge is 0.148 e. The van der Waals surface area contributed by atoms with Gasteiger partial charge in [0.2, 0.25) is 0 Å². The van der Waals surface area contributed by atoms with Crippen LogP contribution in [0.15, 0.2) is 34.1 Å². The fraction of sp³-hybridized carbons (Fsp3) is 0.333. The van der Waals surface area contributed by atoms with Crippen molar-refractivity contribution in [3.8, 4) is 11.5 Å². The van der Waals surface area contributed by atoms with Gasteiger partial charge in [-0.3, -0.25) is 0 Å². The van der Waals surface area contributed by atoms with Gasteiger partial charge in [-0.25, -0.2) is 0 Å². The van der Waals surface area contributed by atoms with Gasteiger partial charge in [0.15, 0.2) is 0 Å². The molecule has 0 atom stereocenters. The third-order valence-electron chi connectivity index (χ3n) is 3.05. The maximum Gasteiger partial charge on any atom is 0.148 e. The molecule has 0 aliphatic carbocycles. The van der Waals surface area contributed by atoms with E-state index in [1.165, 1.54) is 24.3 Å². The number of ether oxygens (including phenoxy) is 2. The molecule has 0 aromatic heterocycles. The predicted molar refractivity (Wildman–Crippen MR) is 116 cm³/mol. The zero-order valence-corrected chi connectivity index (χ0v) is 18.9.